The van der Waals surface area contributed by atoms with Crippen molar-refractivity contribution >= 4 is 29.7 Å². The molecule has 7 nitrogen and oxygen atoms in total. The number of thioether (sulfide) groups is 1. The number of rotatable bonds is 7. The molecule has 0 saturated heterocycles. The predicted molar refractivity (Wildman–Crippen MR) is 64.8 cm³/mol. The maximum absolute atomic E-state index is 11.5. The zero-order valence-corrected chi connectivity index (χ0v) is 10.6. The summed E-state index contributed by atoms with van der Waals surface area (Å²) in [6, 6.07) is -1.82. The van der Waals surface area contributed by atoms with Crippen LogP contribution in [0.4, 0.5) is 4.79 Å². The zero-order chi connectivity index (χ0) is 13.4. The predicted octanol–water partition coefficient (Wildman–Crippen LogP) is -0.681. The van der Waals surface area contributed by atoms with E-state index >= 15 is 0 Å². The fourth-order valence-electron chi connectivity index (χ4n) is 0.990. The van der Waals surface area contributed by atoms with Gasteiger partial charge in [-0.15, -0.1) is 0 Å². The maximum atomic E-state index is 11.5. The summed E-state index contributed by atoms with van der Waals surface area (Å²) in [7, 11) is 1.55. The van der Waals surface area contributed by atoms with Gasteiger partial charge in [0.15, 0.2) is 0 Å². The first-order valence-electron chi connectivity index (χ1n) is 4.90. The van der Waals surface area contributed by atoms with Crippen molar-refractivity contribution in [1.29, 1.82) is 0 Å². The number of hydrogen-bond acceptors (Lipinski definition) is 4. The van der Waals surface area contributed by atoms with Crippen molar-refractivity contribution in [2.24, 2.45) is 5.73 Å². The van der Waals surface area contributed by atoms with Crippen LogP contribution in [0, 0.1) is 0 Å². The van der Waals surface area contributed by atoms with Gasteiger partial charge in [-0.2, -0.15) is 11.8 Å². The molecular weight excluding hydrogens is 246 g/mol. The van der Waals surface area contributed by atoms with Crippen molar-refractivity contribution in [3.8, 4) is 0 Å². The van der Waals surface area contributed by atoms with Gasteiger partial charge < -0.3 is 21.1 Å². The van der Waals surface area contributed by atoms with E-state index < -0.39 is 30.4 Å². The Morgan fingerprint density at radius 3 is 2.47 bits per heavy atom. The SMILES string of the molecule is CSCCN(C)C(=O)N[C@H](CC(N)=O)C(=O)O. The van der Waals surface area contributed by atoms with Gasteiger partial charge in [0.05, 0.1) is 6.42 Å². The number of aliphatic carboxylic acids is 1. The smallest absolute Gasteiger partial charge is 0.326 e. The van der Waals surface area contributed by atoms with Crippen LogP contribution in [-0.2, 0) is 9.59 Å². The van der Waals surface area contributed by atoms with Gasteiger partial charge in [0, 0.05) is 19.3 Å². The molecule has 0 spiro atoms. The minimum absolute atomic E-state index is 0.419. The molecule has 98 valence electrons. The lowest BCUT2D eigenvalue weighted by Crippen LogP contribution is -2.48. The Kier molecular flexibility index (Phi) is 7.11. The van der Waals surface area contributed by atoms with Crippen LogP contribution in [0.1, 0.15) is 6.42 Å². The molecule has 0 aromatic rings. The van der Waals surface area contributed by atoms with Crippen molar-refractivity contribution in [3.63, 3.8) is 0 Å². The van der Waals surface area contributed by atoms with E-state index in [0.717, 1.165) is 5.75 Å². The molecule has 1 atom stereocenters. The fraction of sp³-hybridized carbons (Fsp3) is 0.667. The molecule has 0 heterocycles. The topological polar surface area (TPSA) is 113 Å². The second-order valence-corrected chi connectivity index (χ2v) is 4.41. The minimum Gasteiger partial charge on any atom is -0.480 e. The first kappa shape index (κ1) is 15.6. The lowest BCUT2D eigenvalue weighted by molar-refractivity contribution is -0.140. The second kappa shape index (κ2) is 7.77. The lowest BCUT2D eigenvalue weighted by atomic mass is 10.2. The van der Waals surface area contributed by atoms with Gasteiger partial charge in [-0.1, -0.05) is 0 Å². The molecule has 0 saturated carbocycles. The number of nitrogens with zero attached hydrogens (tertiary/aromatic N) is 1. The summed E-state index contributed by atoms with van der Waals surface area (Å²) >= 11 is 1.57. The molecule has 3 amide bonds. The van der Waals surface area contributed by atoms with Crippen molar-refractivity contribution in [2.75, 3.05) is 25.6 Å². The van der Waals surface area contributed by atoms with Gasteiger partial charge in [0.25, 0.3) is 0 Å². The van der Waals surface area contributed by atoms with Crippen molar-refractivity contribution in [2.45, 2.75) is 12.5 Å². The molecule has 0 aliphatic rings. The summed E-state index contributed by atoms with van der Waals surface area (Å²) in [6.07, 6.45) is 1.48. The molecule has 0 aliphatic heterocycles. The van der Waals surface area contributed by atoms with Crippen LogP contribution in [0.25, 0.3) is 0 Å². The highest BCUT2D eigenvalue weighted by atomic mass is 32.2. The maximum Gasteiger partial charge on any atom is 0.326 e. The highest BCUT2D eigenvalue weighted by Gasteiger charge is 2.23. The molecule has 8 heteroatoms. The molecule has 0 aliphatic carbocycles. The number of carboxylic acids is 1. The van der Waals surface area contributed by atoms with E-state index in [1.165, 1.54) is 4.90 Å². The lowest BCUT2D eigenvalue weighted by Gasteiger charge is -2.20. The third-order valence-electron chi connectivity index (χ3n) is 1.98. The number of amides is 3. The molecule has 0 aromatic heterocycles. The van der Waals surface area contributed by atoms with Crippen LogP contribution < -0.4 is 11.1 Å². The van der Waals surface area contributed by atoms with E-state index in [1.807, 2.05) is 6.26 Å². The molecular formula is C9H17N3O4S. The van der Waals surface area contributed by atoms with Crippen molar-refractivity contribution in [3.05, 3.63) is 0 Å². The van der Waals surface area contributed by atoms with Gasteiger partial charge in [0.1, 0.15) is 6.04 Å². The Hall–Kier alpha value is -1.44. The first-order valence-corrected chi connectivity index (χ1v) is 6.29. The van der Waals surface area contributed by atoms with E-state index in [2.05, 4.69) is 5.32 Å². The van der Waals surface area contributed by atoms with E-state index in [9.17, 15) is 14.4 Å². The second-order valence-electron chi connectivity index (χ2n) is 3.43. The minimum atomic E-state index is -1.28. The van der Waals surface area contributed by atoms with Crippen LogP contribution in [0.5, 0.6) is 0 Å². The van der Waals surface area contributed by atoms with Crippen molar-refractivity contribution < 1.29 is 19.5 Å². The van der Waals surface area contributed by atoms with Gasteiger partial charge in [-0.3, -0.25) is 4.79 Å². The Morgan fingerprint density at radius 1 is 1.47 bits per heavy atom. The summed E-state index contributed by atoms with van der Waals surface area (Å²) in [5.74, 6) is -1.31. The summed E-state index contributed by atoms with van der Waals surface area (Å²) in [4.78, 5) is 34.3. The van der Waals surface area contributed by atoms with Gasteiger partial charge in [-0.05, 0) is 6.26 Å². The van der Waals surface area contributed by atoms with Crippen LogP contribution in [-0.4, -0.2) is 59.6 Å². The number of carbonyl (C=O) groups is 3. The molecule has 0 unspecified atom stereocenters. The number of carbonyl (C=O) groups excluding carboxylic acids is 2. The Bertz CT molecular complexity index is 298. The third-order valence-corrected chi connectivity index (χ3v) is 2.57. The monoisotopic (exact) mass is 263 g/mol. The van der Waals surface area contributed by atoms with Crippen LogP contribution >= 0.6 is 11.8 Å². The number of nitrogens with two attached hydrogens (primary N) is 1. The molecule has 0 radical (unpaired) electrons. The Balaban J connectivity index is 4.29. The first-order chi connectivity index (χ1) is 7.88. The highest BCUT2D eigenvalue weighted by Crippen LogP contribution is 1.97. The van der Waals surface area contributed by atoms with E-state index in [-0.39, 0.29) is 0 Å². The number of urea groups is 1. The number of nitrogens with one attached hydrogen (secondary N) is 1. The average Bonchev–Trinajstić information content (AvgIpc) is 2.23. The third kappa shape index (κ3) is 6.67. The molecule has 17 heavy (non-hydrogen) atoms. The fourth-order valence-corrected chi connectivity index (χ4v) is 1.45. The highest BCUT2D eigenvalue weighted by molar-refractivity contribution is 7.98. The molecule has 4 N–H and O–H groups in total. The summed E-state index contributed by atoms with van der Waals surface area (Å²) in [6.45, 7) is 0.496. The molecule has 0 bridgehead atoms. The Labute approximate surface area is 104 Å². The molecule has 0 fully saturated rings. The summed E-state index contributed by atoms with van der Waals surface area (Å²) in [5, 5.41) is 11.0. The van der Waals surface area contributed by atoms with Gasteiger partial charge in [-0.25, -0.2) is 9.59 Å². The van der Waals surface area contributed by atoms with E-state index in [1.54, 1.807) is 18.8 Å². The molecule has 0 aromatic carbocycles. The van der Waals surface area contributed by atoms with Crippen LogP contribution in [0.15, 0.2) is 0 Å². The van der Waals surface area contributed by atoms with Gasteiger partial charge in [0.2, 0.25) is 5.91 Å². The standard InChI is InChI=1S/C9H17N3O4S/c1-12(3-4-17-2)9(16)11-6(8(14)15)5-7(10)13/h6H,3-5H2,1-2H3,(H2,10,13)(H,11,16)(H,14,15)/t6-/m1/s1. The van der Waals surface area contributed by atoms with Crippen LogP contribution in [0.2, 0.25) is 0 Å². The van der Waals surface area contributed by atoms with E-state index in [0.29, 0.717) is 6.54 Å². The van der Waals surface area contributed by atoms with Crippen LogP contribution in [0.3, 0.4) is 0 Å². The largest absolute Gasteiger partial charge is 0.480 e. The number of carboxylic acid groups (broad SMARTS) is 1. The summed E-state index contributed by atoms with van der Waals surface area (Å²) < 4.78 is 0. The number of hydrogen-bond donors (Lipinski definition) is 3. The zero-order valence-electron chi connectivity index (χ0n) is 9.80. The van der Waals surface area contributed by atoms with Crippen molar-refractivity contribution in [1.82, 2.24) is 10.2 Å². The average molecular weight is 263 g/mol. The quantitative estimate of drug-likeness (QED) is 0.563. The summed E-state index contributed by atoms with van der Waals surface area (Å²) in [5.41, 5.74) is 4.89. The Morgan fingerprint density at radius 2 is 2.06 bits per heavy atom. The van der Waals surface area contributed by atoms with Gasteiger partial charge >= 0.3 is 12.0 Å². The normalized spacial score (nSPS) is 11.6. The van der Waals surface area contributed by atoms with E-state index in [4.69, 9.17) is 10.8 Å². The number of primary amides is 1. The molecule has 0 rings (SSSR count).